The molecule has 78 valence electrons. The van der Waals surface area contributed by atoms with E-state index in [1.165, 1.54) is 0 Å². The Morgan fingerprint density at radius 3 is 2.50 bits per heavy atom. The molecule has 0 radical (unpaired) electrons. The van der Waals surface area contributed by atoms with E-state index in [9.17, 15) is 5.11 Å². The molecule has 1 aromatic rings. The third-order valence-corrected chi connectivity index (χ3v) is 2.18. The van der Waals surface area contributed by atoms with Crippen molar-refractivity contribution in [3.63, 3.8) is 0 Å². The predicted molar refractivity (Wildman–Crippen MR) is 56.0 cm³/mol. The summed E-state index contributed by atoms with van der Waals surface area (Å²) in [7, 11) is 3.34. The highest BCUT2D eigenvalue weighted by atomic mass is 16.5. The zero-order chi connectivity index (χ0) is 10.4. The summed E-state index contributed by atoms with van der Waals surface area (Å²) in [6.07, 6.45) is -0.234. The molecule has 0 aromatic heterocycles. The SMILES string of the molecule is CNC(OC)C(O)Cc1ccccc1. The van der Waals surface area contributed by atoms with Gasteiger partial charge in [0.15, 0.2) is 0 Å². The van der Waals surface area contributed by atoms with Crippen molar-refractivity contribution in [1.82, 2.24) is 5.32 Å². The van der Waals surface area contributed by atoms with Gasteiger partial charge in [-0.3, -0.25) is 5.32 Å². The van der Waals surface area contributed by atoms with Crippen molar-refractivity contribution in [3.8, 4) is 0 Å². The Hall–Kier alpha value is -0.900. The van der Waals surface area contributed by atoms with Gasteiger partial charge in [-0.25, -0.2) is 0 Å². The van der Waals surface area contributed by atoms with Crippen molar-refractivity contribution in [3.05, 3.63) is 35.9 Å². The summed E-state index contributed by atoms with van der Waals surface area (Å²) in [5.41, 5.74) is 1.11. The molecule has 0 amide bonds. The number of likely N-dealkylation sites (N-methyl/N-ethyl adjacent to an activating group) is 1. The number of hydrogen-bond acceptors (Lipinski definition) is 3. The molecule has 0 spiro atoms. The first-order valence-electron chi connectivity index (χ1n) is 4.70. The van der Waals surface area contributed by atoms with E-state index in [-0.39, 0.29) is 6.23 Å². The van der Waals surface area contributed by atoms with Gasteiger partial charge in [0.1, 0.15) is 6.23 Å². The average molecular weight is 195 g/mol. The minimum Gasteiger partial charge on any atom is -0.389 e. The lowest BCUT2D eigenvalue weighted by Crippen LogP contribution is -2.40. The standard InChI is InChI=1S/C11H17NO2/c1-12-11(14-2)10(13)8-9-6-4-3-5-7-9/h3-7,10-13H,8H2,1-2H3. The molecule has 1 rings (SSSR count). The second kappa shape index (κ2) is 5.75. The van der Waals surface area contributed by atoms with Crippen LogP contribution in [0.2, 0.25) is 0 Å². The molecule has 2 N–H and O–H groups in total. The van der Waals surface area contributed by atoms with E-state index < -0.39 is 6.10 Å². The van der Waals surface area contributed by atoms with Gasteiger partial charge in [0.25, 0.3) is 0 Å². The Morgan fingerprint density at radius 2 is 2.00 bits per heavy atom. The molecule has 1 aromatic carbocycles. The lowest BCUT2D eigenvalue weighted by molar-refractivity contribution is -0.0266. The molecule has 0 saturated heterocycles. The molecular formula is C11H17NO2. The Balaban J connectivity index is 2.52. The smallest absolute Gasteiger partial charge is 0.134 e. The maximum atomic E-state index is 9.77. The van der Waals surface area contributed by atoms with Crippen LogP contribution in [0, 0.1) is 0 Å². The third kappa shape index (κ3) is 3.10. The molecule has 3 nitrogen and oxygen atoms in total. The second-order valence-corrected chi connectivity index (χ2v) is 3.20. The van der Waals surface area contributed by atoms with Crippen molar-refractivity contribution < 1.29 is 9.84 Å². The van der Waals surface area contributed by atoms with Crippen LogP contribution in [0.4, 0.5) is 0 Å². The monoisotopic (exact) mass is 195 g/mol. The molecule has 0 bridgehead atoms. The summed E-state index contributed by atoms with van der Waals surface area (Å²) >= 11 is 0. The van der Waals surface area contributed by atoms with Crippen molar-refractivity contribution in [2.45, 2.75) is 18.8 Å². The first-order chi connectivity index (χ1) is 6.77. The highest BCUT2D eigenvalue weighted by Crippen LogP contribution is 2.06. The van der Waals surface area contributed by atoms with Crippen LogP contribution < -0.4 is 5.32 Å². The molecule has 0 aliphatic rings. The number of ether oxygens (including phenoxy) is 1. The Labute approximate surface area is 84.7 Å². The molecule has 2 unspecified atom stereocenters. The van der Waals surface area contributed by atoms with E-state index in [0.717, 1.165) is 5.56 Å². The van der Waals surface area contributed by atoms with Crippen LogP contribution in [0.25, 0.3) is 0 Å². The molecule has 3 heteroatoms. The fourth-order valence-electron chi connectivity index (χ4n) is 1.43. The van der Waals surface area contributed by atoms with Gasteiger partial charge in [-0.05, 0) is 12.6 Å². The lowest BCUT2D eigenvalue weighted by Gasteiger charge is -2.20. The van der Waals surface area contributed by atoms with Gasteiger partial charge >= 0.3 is 0 Å². The van der Waals surface area contributed by atoms with Crippen molar-refractivity contribution >= 4 is 0 Å². The minimum absolute atomic E-state index is 0.310. The molecule has 0 heterocycles. The maximum absolute atomic E-state index is 9.77. The van der Waals surface area contributed by atoms with E-state index in [4.69, 9.17) is 4.74 Å². The van der Waals surface area contributed by atoms with Crippen molar-refractivity contribution in [1.29, 1.82) is 0 Å². The van der Waals surface area contributed by atoms with Crippen LogP contribution >= 0.6 is 0 Å². The normalized spacial score (nSPS) is 15.1. The zero-order valence-electron chi connectivity index (χ0n) is 8.60. The molecular weight excluding hydrogens is 178 g/mol. The molecule has 0 fully saturated rings. The quantitative estimate of drug-likeness (QED) is 0.682. The van der Waals surface area contributed by atoms with E-state index in [1.54, 1.807) is 14.2 Å². The van der Waals surface area contributed by atoms with E-state index in [0.29, 0.717) is 6.42 Å². The van der Waals surface area contributed by atoms with E-state index in [1.807, 2.05) is 30.3 Å². The first kappa shape index (κ1) is 11.2. The fourth-order valence-corrected chi connectivity index (χ4v) is 1.43. The maximum Gasteiger partial charge on any atom is 0.134 e. The van der Waals surface area contributed by atoms with E-state index >= 15 is 0 Å². The molecule has 0 aliphatic heterocycles. The summed E-state index contributed by atoms with van der Waals surface area (Å²) in [5.74, 6) is 0. The molecule has 2 atom stereocenters. The summed E-state index contributed by atoms with van der Waals surface area (Å²) in [4.78, 5) is 0. The topological polar surface area (TPSA) is 41.5 Å². The van der Waals surface area contributed by atoms with E-state index in [2.05, 4.69) is 5.32 Å². The Morgan fingerprint density at radius 1 is 1.36 bits per heavy atom. The molecule has 0 aliphatic carbocycles. The average Bonchev–Trinajstić information content (AvgIpc) is 2.21. The zero-order valence-corrected chi connectivity index (χ0v) is 8.60. The first-order valence-corrected chi connectivity index (χ1v) is 4.70. The van der Waals surface area contributed by atoms with Crippen LogP contribution in [-0.4, -0.2) is 31.6 Å². The fraction of sp³-hybridized carbons (Fsp3) is 0.455. The van der Waals surface area contributed by atoms with Gasteiger partial charge in [0.2, 0.25) is 0 Å². The summed E-state index contributed by atoms with van der Waals surface area (Å²) in [6.45, 7) is 0. The molecule has 0 saturated carbocycles. The summed E-state index contributed by atoms with van der Waals surface area (Å²) < 4.78 is 5.07. The largest absolute Gasteiger partial charge is 0.389 e. The third-order valence-electron chi connectivity index (χ3n) is 2.18. The number of benzene rings is 1. The van der Waals surface area contributed by atoms with Crippen LogP contribution in [-0.2, 0) is 11.2 Å². The van der Waals surface area contributed by atoms with Crippen LogP contribution in [0.1, 0.15) is 5.56 Å². The lowest BCUT2D eigenvalue weighted by atomic mass is 10.1. The number of hydrogen-bond donors (Lipinski definition) is 2. The minimum atomic E-state index is -0.521. The van der Waals surface area contributed by atoms with Crippen LogP contribution in [0.15, 0.2) is 30.3 Å². The van der Waals surface area contributed by atoms with Crippen LogP contribution in [0.5, 0.6) is 0 Å². The summed E-state index contributed by atoms with van der Waals surface area (Å²) in [6, 6.07) is 9.87. The number of rotatable bonds is 5. The highest BCUT2D eigenvalue weighted by Gasteiger charge is 2.16. The van der Waals surface area contributed by atoms with Gasteiger partial charge < -0.3 is 9.84 Å². The number of nitrogens with one attached hydrogen (secondary N) is 1. The van der Waals surface area contributed by atoms with Gasteiger partial charge in [-0.15, -0.1) is 0 Å². The van der Waals surface area contributed by atoms with Crippen LogP contribution in [0.3, 0.4) is 0 Å². The Bertz CT molecular complexity index is 247. The Kier molecular flexibility index (Phi) is 4.59. The van der Waals surface area contributed by atoms with Gasteiger partial charge in [0.05, 0.1) is 6.10 Å². The summed E-state index contributed by atoms with van der Waals surface area (Å²) in [5, 5.41) is 12.7. The number of methoxy groups -OCH3 is 1. The second-order valence-electron chi connectivity index (χ2n) is 3.20. The predicted octanol–water partition coefficient (Wildman–Crippen LogP) is 0.782. The van der Waals surface area contributed by atoms with Gasteiger partial charge in [-0.2, -0.15) is 0 Å². The highest BCUT2D eigenvalue weighted by molar-refractivity contribution is 5.15. The van der Waals surface area contributed by atoms with Gasteiger partial charge in [0, 0.05) is 13.5 Å². The van der Waals surface area contributed by atoms with Crippen molar-refractivity contribution in [2.75, 3.05) is 14.2 Å². The number of aliphatic hydroxyl groups excluding tert-OH is 1. The number of aliphatic hydroxyl groups is 1. The molecule has 14 heavy (non-hydrogen) atoms. The van der Waals surface area contributed by atoms with Gasteiger partial charge in [-0.1, -0.05) is 30.3 Å². The van der Waals surface area contributed by atoms with Crippen molar-refractivity contribution in [2.24, 2.45) is 0 Å².